The van der Waals surface area contributed by atoms with Gasteiger partial charge < -0.3 is 19.6 Å². The molecule has 3 aromatic rings. The van der Waals surface area contributed by atoms with Crippen LogP contribution in [0.3, 0.4) is 0 Å². The van der Waals surface area contributed by atoms with Gasteiger partial charge in [-0.2, -0.15) is 33.2 Å². The normalized spacial score (nSPS) is 15.5. The summed E-state index contributed by atoms with van der Waals surface area (Å²) in [7, 11) is 1.79. The second-order valence-electron chi connectivity index (χ2n) is 10.6. The van der Waals surface area contributed by atoms with Gasteiger partial charge in [0.05, 0.1) is 41.4 Å². The number of rotatable bonds is 10. The van der Waals surface area contributed by atoms with E-state index in [1.165, 1.54) is 37.4 Å². The number of benzene rings is 1. The molecule has 2 aromatic heterocycles. The fourth-order valence-corrected chi connectivity index (χ4v) is 5.44. The van der Waals surface area contributed by atoms with Crippen LogP contribution in [-0.4, -0.2) is 94.4 Å². The van der Waals surface area contributed by atoms with Gasteiger partial charge in [0.2, 0.25) is 11.9 Å². The Morgan fingerprint density at radius 3 is 2.57 bits per heavy atom. The fraction of sp³-hybridized carbons (Fsp3) is 0.467. The molecule has 0 saturated carbocycles. The molecule has 1 aliphatic heterocycles. The van der Waals surface area contributed by atoms with E-state index in [-0.39, 0.29) is 47.8 Å². The molecule has 11 nitrogen and oxygen atoms in total. The van der Waals surface area contributed by atoms with Gasteiger partial charge in [-0.25, -0.2) is 4.98 Å². The van der Waals surface area contributed by atoms with Gasteiger partial charge in [-0.05, 0) is 37.7 Å². The van der Waals surface area contributed by atoms with Crippen LogP contribution in [0.4, 0.5) is 24.9 Å². The van der Waals surface area contributed by atoms with Crippen LogP contribution in [-0.2, 0) is 11.0 Å². The van der Waals surface area contributed by atoms with Crippen LogP contribution >= 0.6 is 0 Å². The number of hydrogen-bond acceptors (Lipinski definition) is 9. The number of carbonyl (C=O) groups excluding carboxylic acids is 1. The van der Waals surface area contributed by atoms with E-state index >= 15 is 0 Å². The number of likely N-dealkylation sites (N-methyl/N-ethyl adjacent to an activating group) is 2. The molecule has 0 N–H and O–H groups in total. The monoisotopic (exact) mass is 611 g/mol. The highest BCUT2D eigenvalue weighted by Gasteiger charge is 2.37. The maximum atomic E-state index is 14.1. The number of hydrogen-bond donors (Lipinski definition) is 0. The van der Waals surface area contributed by atoms with E-state index in [0.29, 0.717) is 25.5 Å². The smallest absolute Gasteiger partial charge is 0.352 e. The second kappa shape index (κ2) is 13.4. The molecule has 1 atom stereocenters. The van der Waals surface area contributed by atoms with Crippen molar-refractivity contribution in [3.05, 3.63) is 58.5 Å². The van der Waals surface area contributed by atoms with Gasteiger partial charge >= 0.3 is 6.18 Å². The van der Waals surface area contributed by atoms with Crippen molar-refractivity contribution in [1.29, 1.82) is 5.26 Å². The molecule has 44 heavy (non-hydrogen) atoms. The van der Waals surface area contributed by atoms with Gasteiger partial charge in [0.25, 0.3) is 5.56 Å². The molecule has 0 bridgehead atoms. The minimum absolute atomic E-state index is 0.0422. The first-order valence-electron chi connectivity index (χ1n) is 14.4. The molecule has 3 heterocycles. The molecule has 1 aromatic carbocycles. The number of amides is 1. The molecule has 0 spiro atoms. The third kappa shape index (κ3) is 6.52. The lowest BCUT2D eigenvalue weighted by molar-refractivity contribution is -0.138. The Labute approximate surface area is 253 Å². The average molecular weight is 612 g/mol. The molecule has 14 heteroatoms. The summed E-state index contributed by atoms with van der Waals surface area (Å²) in [5.74, 6) is 0.277. The van der Waals surface area contributed by atoms with Crippen LogP contribution in [0.2, 0.25) is 0 Å². The second-order valence-corrected chi connectivity index (χ2v) is 10.6. The number of nitriles is 1. The number of anilines is 2. The maximum absolute atomic E-state index is 14.1. The zero-order chi connectivity index (χ0) is 32.2. The molecule has 0 radical (unpaired) electrons. The molecule has 234 valence electrons. The molecule has 1 fully saturated rings. The maximum Gasteiger partial charge on any atom is 0.418 e. The zero-order valence-corrected chi connectivity index (χ0v) is 25.3. The summed E-state index contributed by atoms with van der Waals surface area (Å²) in [6.45, 7) is 12.8. The summed E-state index contributed by atoms with van der Waals surface area (Å²) in [4.78, 5) is 43.2. The number of aryl methyl sites for hydroxylation is 1. The Balaban J connectivity index is 1.89. The molecule has 1 unspecified atom stereocenters. The van der Waals surface area contributed by atoms with E-state index in [2.05, 4.69) is 41.5 Å². The molecule has 1 saturated heterocycles. The lowest BCUT2D eigenvalue weighted by Gasteiger charge is -2.41. The highest BCUT2D eigenvalue weighted by Crippen LogP contribution is 2.36. The van der Waals surface area contributed by atoms with Crippen LogP contribution in [0.15, 0.2) is 41.8 Å². The Morgan fingerprint density at radius 2 is 1.93 bits per heavy atom. The van der Waals surface area contributed by atoms with Crippen molar-refractivity contribution >= 4 is 28.6 Å². The zero-order valence-electron chi connectivity index (χ0n) is 25.3. The predicted octanol–water partition coefficient (Wildman–Crippen LogP) is 3.40. The first-order chi connectivity index (χ1) is 20.9. The van der Waals surface area contributed by atoms with Gasteiger partial charge in [-0.15, -0.1) is 0 Å². The molecule has 4 rings (SSSR count). The van der Waals surface area contributed by atoms with Crippen molar-refractivity contribution in [2.45, 2.75) is 39.4 Å². The minimum atomic E-state index is -4.72. The van der Waals surface area contributed by atoms with Gasteiger partial charge in [-0.1, -0.05) is 32.6 Å². The van der Waals surface area contributed by atoms with E-state index in [9.17, 15) is 28.0 Å². The first-order valence-corrected chi connectivity index (χ1v) is 14.4. The van der Waals surface area contributed by atoms with Gasteiger partial charge in [-0.3, -0.25) is 9.59 Å². The highest BCUT2D eigenvalue weighted by atomic mass is 19.4. The SMILES string of the molecule is C=CC(=O)N1CCN(c2nc(N(C)CCN(CC)CC)nc3c(=O)n(-c4cccc(C)c4C(F)(F)F)ncc23)CC1CC#N. The lowest BCUT2D eigenvalue weighted by Crippen LogP contribution is -2.55. The number of nitrogens with zero attached hydrogens (tertiary/aromatic N) is 9. The van der Waals surface area contributed by atoms with Gasteiger partial charge in [0.1, 0.15) is 11.3 Å². The summed E-state index contributed by atoms with van der Waals surface area (Å²) >= 11 is 0. The standard InChI is InChI=1S/C30H36F3N9O2/c1-6-24(43)41-17-16-40(19-21(41)12-13-34)27-22-18-35-42(23-11-9-10-20(4)25(23)30(31,32)33)28(44)26(22)36-29(37-27)38(5)14-15-39(7-2)8-3/h6,9-11,18,21H,1,7-8,12,14-17,19H2,2-5H3. The van der Waals surface area contributed by atoms with Crippen molar-refractivity contribution < 1.29 is 18.0 Å². The molecule has 0 aliphatic carbocycles. The average Bonchev–Trinajstić information content (AvgIpc) is 3.00. The van der Waals surface area contributed by atoms with E-state index in [1.807, 2.05) is 4.90 Å². The third-order valence-electron chi connectivity index (χ3n) is 7.93. The predicted molar refractivity (Wildman–Crippen MR) is 162 cm³/mol. The van der Waals surface area contributed by atoms with E-state index < -0.39 is 29.0 Å². The minimum Gasteiger partial charge on any atom is -0.352 e. The quantitative estimate of drug-likeness (QED) is 0.318. The molecular formula is C30H36F3N9O2. The van der Waals surface area contributed by atoms with Crippen molar-refractivity contribution in [2.24, 2.45) is 0 Å². The largest absolute Gasteiger partial charge is 0.418 e. The number of halogens is 3. The summed E-state index contributed by atoms with van der Waals surface area (Å²) in [5, 5.41) is 13.9. The van der Waals surface area contributed by atoms with Crippen LogP contribution in [0, 0.1) is 18.3 Å². The van der Waals surface area contributed by atoms with E-state index in [1.54, 1.807) is 16.8 Å². The summed E-state index contributed by atoms with van der Waals surface area (Å²) < 4.78 is 43.0. The summed E-state index contributed by atoms with van der Waals surface area (Å²) in [6, 6.07) is 5.63. The van der Waals surface area contributed by atoms with Crippen LogP contribution in [0.25, 0.3) is 16.6 Å². The Hall–Kier alpha value is -4.51. The van der Waals surface area contributed by atoms with Crippen molar-refractivity contribution in [2.75, 3.05) is 62.7 Å². The number of carbonyl (C=O) groups is 1. The summed E-state index contributed by atoms with van der Waals surface area (Å²) in [5.41, 5.74) is -2.31. The third-order valence-corrected chi connectivity index (χ3v) is 7.93. The molecule has 1 amide bonds. The first kappa shape index (κ1) is 32.4. The van der Waals surface area contributed by atoms with Crippen molar-refractivity contribution in [1.82, 2.24) is 29.5 Å². The Kier molecular flexibility index (Phi) is 9.88. The number of piperazine rings is 1. The molecular weight excluding hydrogens is 575 g/mol. The lowest BCUT2D eigenvalue weighted by atomic mass is 10.1. The topological polar surface area (TPSA) is 114 Å². The summed E-state index contributed by atoms with van der Waals surface area (Å²) in [6.07, 6.45) is -2.15. The van der Waals surface area contributed by atoms with Crippen molar-refractivity contribution in [3.8, 4) is 11.8 Å². The van der Waals surface area contributed by atoms with Gasteiger partial charge in [0, 0.05) is 39.8 Å². The number of alkyl halides is 3. The highest BCUT2D eigenvalue weighted by molar-refractivity contribution is 5.90. The van der Waals surface area contributed by atoms with Crippen molar-refractivity contribution in [3.63, 3.8) is 0 Å². The fourth-order valence-electron chi connectivity index (χ4n) is 5.44. The molecule has 1 aliphatic rings. The Morgan fingerprint density at radius 1 is 1.20 bits per heavy atom. The van der Waals surface area contributed by atoms with Gasteiger partial charge in [0.15, 0.2) is 0 Å². The Bertz CT molecular complexity index is 1630. The van der Waals surface area contributed by atoms with Crippen LogP contribution < -0.4 is 15.4 Å². The van der Waals surface area contributed by atoms with Crippen LogP contribution in [0.1, 0.15) is 31.4 Å². The van der Waals surface area contributed by atoms with E-state index in [4.69, 9.17) is 4.98 Å². The number of fused-ring (bicyclic) bond motifs is 1. The van der Waals surface area contributed by atoms with E-state index in [0.717, 1.165) is 17.8 Å². The van der Waals surface area contributed by atoms with Crippen LogP contribution in [0.5, 0.6) is 0 Å². The number of aromatic nitrogens is 4.